The van der Waals surface area contributed by atoms with E-state index < -0.39 is 24.6 Å². The van der Waals surface area contributed by atoms with E-state index in [2.05, 4.69) is 5.32 Å². The molecule has 1 atom stereocenters. The Hall–Kier alpha value is -0.390. The van der Waals surface area contributed by atoms with Crippen molar-refractivity contribution in [3.8, 4) is 0 Å². The topological polar surface area (TPSA) is 12.0 Å². The van der Waals surface area contributed by atoms with Crippen molar-refractivity contribution >= 4 is 0 Å². The molecule has 0 aromatic carbocycles. The van der Waals surface area contributed by atoms with Crippen LogP contribution in [0, 0.1) is 5.92 Å². The second-order valence-electron chi connectivity index (χ2n) is 4.38. The Morgan fingerprint density at radius 3 is 1.94 bits per heavy atom. The van der Waals surface area contributed by atoms with E-state index in [1.807, 2.05) is 0 Å². The van der Waals surface area contributed by atoms with Crippen molar-refractivity contribution < 1.29 is 22.0 Å². The van der Waals surface area contributed by atoms with Gasteiger partial charge in [0.1, 0.15) is 0 Å². The summed E-state index contributed by atoms with van der Waals surface area (Å²) in [5, 5.41) is 2.67. The van der Waals surface area contributed by atoms with Crippen LogP contribution in [0.4, 0.5) is 22.0 Å². The van der Waals surface area contributed by atoms with Crippen molar-refractivity contribution in [3.05, 3.63) is 0 Å². The van der Waals surface area contributed by atoms with Gasteiger partial charge in [0.05, 0.1) is 12.0 Å². The minimum atomic E-state index is -4.14. The molecule has 1 aliphatic rings. The fraction of sp³-hybridized carbons (Fsp3) is 1.00. The molecule has 0 amide bonds. The summed E-state index contributed by atoms with van der Waals surface area (Å²) in [7, 11) is 0. The van der Waals surface area contributed by atoms with E-state index in [1.54, 1.807) is 0 Å². The maximum Gasteiger partial charge on any atom is 0.391 e. The average molecular weight is 245 g/mol. The molecule has 0 heterocycles. The summed E-state index contributed by atoms with van der Waals surface area (Å²) < 4.78 is 61.4. The van der Waals surface area contributed by atoms with Crippen LogP contribution in [0.2, 0.25) is 0 Å². The maximum absolute atomic E-state index is 12.3. The van der Waals surface area contributed by atoms with Gasteiger partial charge in [0.2, 0.25) is 0 Å². The summed E-state index contributed by atoms with van der Waals surface area (Å²) >= 11 is 0. The third-order valence-electron chi connectivity index (χ3n) is 3.07. The highest BCUT2D eigenvalue weighted by molar-refractivity contribution is 4.82. The number of halogens is 5. The van der Waals surface area contributed by atoms with Gasteiger partial charge in [-0.15, -0.1) is 0 Å². The second kappa shape index (κ2) is 5.29. The highest BCUT2D eigenvalue weighted by atomic mass is 19.4. The van der Waals surface area contributed by atoms with Gasteiger partial charge in [-0.25, -0.2) is 8.78 Å². The van der Waals surface area contributed by atoms with Crippen LogP contribution in [0.1, 0.15) is 32.6 Å². The zero-order valence-corrected chi connectivity index (χ0v) is 9.03. The van der Waals surface area contributed by atoms with Gasteiger partial charge >= 0.3 is 6.18 Å². The van der Waals surface area contributed by atoms with Crippen LogP contribution in [0.5, 0.6) is 0 Å². The van der Waals surface area contributed by atoms with Gasteiger partial charge < -0.3 is 5.32 Å². The molecule has 1 fully saturated rings. The van der Waals surface area contributed by atoms with Gasteiger partial charge in [-0.2, -0.15) is 13.2 Å². The molecule has 1 rings (SSSR count). The molecule has 1 aliphatic carbocycles. The van der Waals surface area contributed by atoms with Gasteiger partial charge in [-0.05, 0) is 32.6 Å². The van der Waals surface area contributed by atoms with Crippen molar-refractivity contribution in [2.75, 3.05) is 0 Å². The molecule has 1 N–H and O–H groups in total. The smallest absolute Gasteiger partial charge is 0.306 e. The second-order valence-corrected chi connectivity index (χ2v) is 4.38. The zero-order valence-electron chi connectivity index (χ0n) is 9.03. The summed E-state index contributed by atoms with van der Waals surface area (Å²) in [4.78, 5) is 0. The van der Waals surface area contributed by atoms with E-state index in [0.717, 1.165) is 0 Å². The van der Waals surface area contributed by atoms with Crippen molar-refractivity contribution in [1.82, 2.24) is 5.32 Å². The molecule has 6 heteroatoms. The van der Waals surface area contributed by atoms with Crippen LogP contribution in [0.15, 0.2) is 0 Å². The van der Waals surface area contributed by atoms with Crippen LogP contribution in [-0.4, -0.2) is 24.7 Å². The Morgan fingerprint density at radius 1 is 1.06 bits per heavy atom. The largest absolute Gasteiger partial charge is 0.391 e. The minimum absolute atomic E-state index is 0.0388. The highest BCUT2D eigenvalue weighted by Crippen LogP contribution is 2.37. The van der Waals surface area contributed by atoms with E-state index in [9.17, 15) is 22.0 Å². The molecule has 0 radical (unpaired) electrons. The first-order chi connectivity index (χ1) is 7.30. The maximum atomic E-state index is 12.3. The molecule has 0 aromatic rings. The lowest BCUT2D eigenvalue weighted by Crippen LogP contribution is -2.43. The summed E-state index contributed by atoms with van der Waals surface area (Å²) in [6.45, 7) is 1.35. The summed E-state index contributed by atoms with van der Waals surface area (Å²) in [5.74, 6) is -1.26. The van der Waals surface area contributed by atoms with Gasteiger partial charge in [-0.1, -0.05) is 0 Å². The molecule has 0 aromatic heterocycles. The summed E-state index contributed by atoms with van der Waals surface area (Å²) in [6.07, 6.45) is -5.89. The van der Waals surface area contributed by atoms with Crippen LogP contribution in [0.3, 0.4) is 0 Å². The molecular weight excluding hydrogens is 229 g/mol. The van der Waals surface area contributed by atoms with E-state index in [-0.39, 0.29) is 18.9 Å². The third kappa shape index (κ3) is 3.88. The van der Waals surface area contributed by atoms with Crippen molar-refractivity contribution in [3.63, 3.8) is 0 Å². The lowest BCUT2D eigenvalue weighted by atomic mass is 9.85. The van der Waals surface area contributed by atoms with Crippen LogP contribution in [0.25, 0.3) is 0 Å². The molecule has 1 unspecified atom stereocenters. The molecule has 0 bridgehead atoms. The van der Waals surface area contributed by atoms with E-state index in [0.29, 0.717) is 12.8 Å². The van der Waals surface area contributed by atoms with Crippen molar-refractivity contribution in [1.29, 1.82) is 0 Å². The molecule has 1 nitrogen and oxygen atoms in total. The summed E-state index contributed by atoms with van der Waals surface area (Å²) in [6, 6.07) is -1.16. The Balaban J connectivity index is 2.32. The predicted molar refractivity (Wildman–Crippen MR) is 50.4 cm³/mol. The number of alkyl halides is 5. The van der Waals surface area contributed by atoms with Gasteiger partial charge in [0, 0.05) is 6.04 Å². The standard InChI is InChI=1S/C10H16F5N/c1-6(9(11)12)16-8-4-2-7(3-5-8)10(13,14)15/h6-9,16H,2-5H2,1H3. The molecule has 96 valence electrons. The molecule has 0 saturated heterocycles. The zero-order chi connectivity index (χ0) is 12.3. The average Bonchev–Trinajstić information content (AvgIpc) is 2.17. The number of hydrogen-bond acceptors (Lipinski definition) is 1. The lowest BCUT2D eigenvalue weighted by Gasteiger charge is -2.31. The third-order valence-corrected chi connectivity index (χ3v) is 3.07. The lowest BCUT2D eigenvalue weighted by molar-refractivity contribution is -0.183. The van der Waals surface area contributed by atoms with Gasteiger partial charge in [0.25, 0.3) is 6.43 Å². The number of rotatable bonds is 3. The van der Waals surface area contributed by atoms with Crippen LogP contribution < -0.4 is 5.32 Å². The first-order valence-corrected chi connectivity index (χ1v) is 5.41. The van der Waals surface area contributed by atoms with Crippen LogP contribution in [-0.2, 0) is 0 Å². The van der Waals surface area contributed by atoms with Gasteiger partial charge in [-0.3, -0.25) is 0 Å². The fourth-order valence-corrected chi connectivity index (χ4v) is 2.03. The number of nitrogens with one attached hydrogen (secondary N) is 1. The van der Waals surface area contributed by atoms with E-state index in [4.69, 9.17) is 0 Å². The Kier molecular flexibility index (Phi) is 4.52. The van der Waals surface area contributed by atoms with Gasteiger partial charge in [0.15, 0.2) is 0 Å². The molecule has 16 heavy (non-hydrogen) atoms. The Labute approximate surface area is 91.4 Å². The normalized spacial score (nSPS) is 29.4. The first kappa shape index (κ1) is 13.7. The Morgan fingerprint density at radius 2 is 1.56 bits per heavy atom. The SMILES string of the molecule is CC(NC1CCC(C(F)(F)F)CC1)C(F)F. The van der Waals surface area contributed by atoms with Crippen molar-refractivity contribution in [2.45, 2.75) is 57.3 Å². The van der Waals surface area contributed by atoms with Crippen LogP contribution >= 0.6 is 0 Å². The molecular formula is C10H16F5N. The fourth-order valence-electron chi connectivity index (χ4n) is 2.03. The molecule has 0 aliphatic heterocycles. The minimum Gasteiger partial charge on any atom is -0.306 e. The summed E-state index contributed by atoms with van der Waals surface area (Å²) in [5.41, 5.74) is 0. The number of hydrogen-bond donors (Lipinski definition) is 1. The highest BCUT2D eigenvalue weighted by Gasteiger charge is 2.41. The Bertz CT molecular complexity index is 208. The quantitative estimate of drug-likeness (QED) is 0.752. The molecule has 0 spiro atoms. The first-order valence-electron chi connectivity index (χ1n) is 5.41. The van der Waals surface area contributed by atoms with Crippen molar-refractivity contribution in [2.24, 2.45) is 5.92 Å². The van der Waals surface area contributed by atoms with E-state index >= 15 is 0 Å². The molecule has 1 saturated carbocycles. The predicted octanol–water partition coefficient (Wildman–Crippen LogP) is 3.35. The monoisotopic (exact) mass is 245 g/mol. The van der Waals surface area contributed by atoms with E-state index in [1.165, 1.54) is 6.92 Å².